The number of aryl methyl sites for hydroxylation is 1. The van der Waals surface area contributed by atoms with Gasteiger partial charge in [0.25, 0.3) is 5.91 Å². The molecule has 3 rings (SSSR count). The van der Waals surface area contributed by atoms with E-state index in [4.69, 9.17) is 26.8 Å². The van der Waals surface area contributed by atoms with Gasteiger partial charge >= 0.3 is 5.97 Å². The Balaban J connectivity index is 1.62. The third-order valence-electron chi connectivity index (χ3n) is 4.28. The molecule has 1 aliphatic heterocycles. The number of carbonyl (C=O) groups excluding carboxylic acids is 1. The summed E-state index contributed by atoms with van der Waals surface area (Å²) in [6, 6.07) is 13.7. The average molecular weight is 476 g/mol. The van der Waals surface area contributed by atoms with Crippen molar-refractivity contribution in [1.29, 1.82) is 0 Å². The smallest absolute Gasteiger partial charge is 0.323 e. The van der Waals surface area contributed by atoms with E-state index in [2.05, 4.69) is 31.2 Å². The molecule has 0 spiro atoms. The number of nitrogens with zero attached hydrogens (tertiary/aromatic N) is 1. The summed E-state index contributed by atoms with van der Waals surface area (Å²) in [6.45, 7) is 2.13. The topological polar surface area (TPSA) is 76.1 Å². The number of thiocarbonyl (C=S) groups is 1. The zero-order valence-electron chi connectivity index (χ0n) is 17.0. The Morgan fingerprint density at radius 2 is 1.97 bits per heavy atom. The number of ether oxygens (including phenoxy) is 2. The Kier molecular flexibility index (Phi) is 8.00. The highest BCUT2D eigenvalue weighted by molar-refractivity contribution is 8.26. The predicted molar refractivity (Wildman–Crippen MR) is 128 cm³/mol. The lowest BCUT2D eigenvalue weighted by Gasteiger charge is -2.12. The number of aliphatic carboxylic acids is 1. The van der Waals surface area contributed by atoms with Crippen LogP contribution in [-0.4, -0.2) is 52.2 Å². The first-order chi connectivity index (χ1) is 14.9. The largest absolute Gasteiger partial charge is 0.493 e. The fraction of sp³-hybridized carbons (Fsp3) is 0.227. The lowest BCUT2D eigenvalue weighted by Crippen LogP contribution is -2.33. The molecular formula is C22H21NO5S3. The summed E-state index contributed by atoms with van der Waals surface area (Å²) >= 11 is 7.92. The first kappa shape index (κ1) is 23.2. The second-order valence-corrected chi connectivity index (χ2v) is 9.43. The summed E-state index contributed by atoms with van der Waals surface area (Å²) in [5, 5.41) is 8.93. The Labute approximate surface area is 194 Å². The molecule has 0 radical (unpaired) electrons. The molecule has 1 saturated heterocycles. The summed E-state index contributed by atoms with van der Waals surface area (Å²) in [5.74, 6) is 0.434. The Bertz CT molecular complexity index is 1020. The molecular weight excluding hydrogens is 454 g/mol. The third-order valence-corrected chi connectivity index (χ3v) is 6.64. The predicted octanol–water partition coefficient (Wildman–Crippen LogP) is 4.46. The highest BCUT2D eigenvalue weighted by Crippen LogP contribution is 2.34. The Morgan fingerprint density at radius 3 is 2.65 bits per heavy atom. The molecule has 162 valence electrons. The van der Waals surface area contributed by atoms with E-state index in [1.54, 1.807) is 37.1 Å². The first-order valence-corrected chi connectivity index (χ1v) is 11.6. The number of hydrogen-bond acceptors (Lipinski definition) is 7. The summed E-state index contributed by atoms with van der Waals surface area (Å²) in [6.07, 6.45) is 1.67. The van der Waals surface area contributed by atoms with E-state index >= 15 is 0 Å². The van der Waals surface area contributed by atoms with Crippen molar-refractivity contribution in [3.63, 3.8) is 0 Å². The van der Waals surface area contributed by atoms with Crippen molar-refractivity contribution in [2.75, 3.05) is 26.0 Å². The van der Waals surface area contributed by atoms with E-state index in [0.29, 0.717) is 23.0 Å². The van der Waals surface area contributed by atoms with E-state index < -0.39 is 18.4 Å². The molecule has 0 saturated carbocycles. The molecule has 0 bridgehead atoms. The van der Waals surface area contributed by atoms with Crippen molar-refractivity contribution in [3.8, 4) is 11.5 Å². The van der Waals surface area contributed by atoms with E-state index in [-0.39, 0.29) is 4.32 Å². The molecule has 1 heterocycles. The van der Waals surface area contributed by atoms with Crippen LogP contribution < -0.4 is 9.47 Å². The quantitative estimate of drug-likeness (QED) is 0.247. The van der Waals surface area contributed by atoms with Crippen molar-refractivity contribution < 1.29 is 24.2 Å². The summed E-state index contributed by atoms with van der Waals surface area (Å²) in [4.78, 5) is 26.0. The highest BCUT2D eigenvalue weighted by atomic mass is 32.2. The maximum Gasteiger partial charge on any atom is 0.323 e. The van der Waals surface area contributed by atoms with Crippen LogP contribution in [0.15, 0.2) is 52.3 Å². The minimum atomic E-state index is -1.11. The van der Waals surface area contributed by atoms with E-state index in [0.717, 1.165) is 28.0 Å². The van der Waals surface area contributed by atoms with Gasteiger partial charge in [-0.05, 0) is 42.8 Å². The molecule has 31 heavy (non-hydrogen) atoms. The lowest BCUT2D eigenvalue weighted by atomic mass is 10.2. The fourth-order valence-electron chi connectivity index (χ4n) is 2.76. The number of benzene rings is 2. The van der Waals surface area contributed by atoms with Crippen LogP contribution in [0.4, 0.5) is 0 Å². The van der Waals surface area contributed by atoms with Gasteiger partial charge in [0, 0.05) is 10.6 Å². The molecule has 0 aliphatic carbocycles. The number of carboxylic acid groups (broad SMARTS) is 1. The average Bonchev–Trinajstić information content (AvgIpc) is 3.00. The molecule has 6 nitrogen and oxygen atoms in total. The maximum atomic E-state index is 12.4. The number of rotatable bonds is 9. The normalized spacial score (nSPS) is 14.9. The van der Waals surface area contributed by atoms with Gasteiger partial charge in [-0.15, -0.1) is 11.8 Å². The van der Waals surface area contributed by atoms with Crippen LogP contribution in [0.5, 0.6) is 11.5 Å². The fourth-order valence-corrected chi connectivity index (χ4v) is 4.75. The SMILES string of the molecule is COc1cc(/C=C2/SC(=S)N(CC(=O)O)C2=O)ccc1OCCSc1ccc(C)cc1. The number of carbonyl (C=O) groups is 2. The molecule has 2 aromatic rings. The molecule has 1 amide bonds. The molecule has 9 heteroatoms. The van der Waals surface area contributed by atoms with Crippen LogP contribution in [0.2, 0.25) is 0 Å². The van der Waals surface area contributed by atoms with Crippen molar-refractivity contribution >= 4 is 58.0 Å². The van der Waals surface area contributed by atoms with Gasteiger partial charge in [0.15, 0.2) is 11.5 Å². The standard InChI is InChI=1S/C22H21NO5S3/c1-14-3-6-16(7-4-14)30-10-9-28-17-8-5-15(11-18(17)27-2)12-19-21(26)23(13-20(24)25)22(29)31-19/h3-8,11-12H,9-10,13H2,1-2H3,(H,24,25)/b19-12+. The van der Waals surface area contributed by atoms with Crippen LogP contribution in [0, 0.1) is 6.92 Å². The van der Waals surface area contributed by atoms with Crippen molar-refractivity contribution in [2.24, 2.45) is 0 Å². The number of amides is 1. The number of methoxy groups -OCH3 is 1. The van der Waals surface area contributed by atoms with Crippen molar-refractivity contribution in [2.45, 2.75) is 11.8 Å². The number of carboxylic acids is 1. The van der Waals surface area contributed by atoms with Gasteiger partial charge in [-0.25, -0.2) is 0 Å². The third kappa shape index (κ3) is 6.25. The zero-order valence-corrected chi connectivity index (χ0v) is 19.4. The molecule has 0 aromatic heterocycles. The van der Waals surface area contributed by atoms with Crippen LogP contribution in [0.1, 0.15) is 11.1 Å². The number of hydrogen-bond donors (Lipinski definition) is 1. The van der Waals surface area contributed by atoms with Gasteiger partial charge in [0.05, 0.1) is 18.6 Å². The summed E-state index contributed by atoms with van der Waals surface area (Å²) in [5.41, 5.74) is 1.96. The minimum Gasteiger partial charge on any atom is -0.493 e. The van der Waals surface area contributed by atoms with Gasteiger partial charge in [-0.2, -0.15) is 0 Å². The monoisotopic (exact) mass is 475 g/mol. The van der Waals surface area contributed by atoms with Crippen molar-refractivity contribution in [1.82, 2.24) is 4.90 Å². The van der Waals surface area contributed by atoms with Crippen LogP contribution >= 0.6 is 35.7 Å². The van der Waals surface area contributed by atoms with E-state index in [9.17, 15) is 9.59 Å². The van der Waals surface area contributed by atoms with Crippen LogP contribution in [0.25, 0.3) is 6.08 Å². The summed E-state index contributed by atoms with van der Waals surface area (Å²) in [7, 11) is 1.55. The second-order valence-electron chi connectivity index (χ2n) is 6.58. The molecule has 1 fully saturated rings. The molecule has 2 aromatic carbocycles. The highest BCUT2D eigenvalue weighted by Gasteiger charge is 2.33. The molecule has 1 aliphatic rings. The number of thioether (sulfide) groups is 2. The van der Waals surface area contributed by atoms with Gasteiger partial charge in [-0.1, -0.05) is 47.7 Å². The molecule has 0 unspecified atom stereocenters. The van der Waals surface area contributed by atoms with E-state index in [1.165, 1.54) is 10.5 Å². The molecule has 1 N–H and O–H groups in total. The van der Waals surface area contributed by atoms with Gasteiger partial charge < -0.3 is 14.6 Å². The van der Waals surface area contributed by atoms with Crippen LogP contribution in [-0.2, 0) is 9.59 Å². The Hall–Kier alpha value is -2.49. The molecule has 0 atom stereocenters. The summed E-state index contributed by atoms with van der Waals surface area (Å²) < 4.78 is 11.5. The maximum absolute atomic E-state index is 12.4. The van der Waals surface area contributed by atoms with Gasteiger partial charge in [0.1, 0.15) is 10.9 Å². The van der Waals surface area contributed by atoms with Gasteiger partial charge in [0.2, 0.25) is 0 Å². The zero-order chi connectivity index (χ0) is 22.4. The van der Waals surface area contributed by atoms with E-state index in [1.807, 2.05) is 6.07 Å². The second kappa shape index (κ2) is 10.7. The first-order valence-electron chi connectivity index (χ1n) is 9.35. The van der Waals surface area contributed by atoms with Crippen molar-refractivity contribution in [3.05, 3.63) is 58.5 Å². The Morgan fingerprint density at radius 1 is 1.23 bits per heavy atom. The minimum absolute atomic E-state index is 0.233. The van der Waals surface area contributed by atoms with Gasteiger partial charge in [-0.3, -0.25) is 14.5 Å². The lowest BCUT2D eigenvalue weighted by molar-refractivity contribution is -0.140. The van der Waals surface area contributed by atoms with Crippen LogP contribution in [0.3, 0.4) is 0 Å².